The highest BCUT2D eigenvalue weighted by molar-refractivity contribution is 6.46. The predicted octanol–water partition coefficient (Wildman–Crippen LogP) is 3.82. The zero-order valence-corrected chi connectivity index (χ0v) is 17.4. The van der Waals surface area contributed by atoms with Gasteiger partial charge in [-0.2, -0.15) is 0 Å². The van der Waals surface area contributed by atoms with Crippen molar-refractivity contribution in [3.63, 3.8) is 0 Å². The first-order valence-corrected chi connectivity index (χ1v) is 11.5. The maximum atomic E-state index is 6.51. The Labute approximate surface area is 169 Å². The summed E-state index contributed by atoms with van der Waals surface area (Å²) in [5.74, 6) is -0.515. The Balaban J connectivity index is 1.30. The van der Waals surface area contributed by atoms with Crippen LogP contribution in [0.1, 0.15) is 78.1 Å². The summed E-state index contributed by atoms with van der Waals surface area (Å²) in [4.78, 5) is 0. The molecule has 3 heterocycles. The molecule has 0 bridgehead atoms. The topological polar surface area (TPSA) is 55.4 Å². The molecule has 6 nitrogen and oxygen atoms in total. The van der Waals surface area contributed by atoms with Gasteiger partial charge < -0.3 is 28.3 Å². The molecule has 0 aromatic rings. The smallest absolute Gasteiger partial charge is 0.403 e. The Morgan fingerprint density at radius 1 is 0.679 bits per heavy atom. The fourth-order valence-electron chi connectivity index (χ4n) is 5.59. The molecule has 158 valence electrons. The van der Waals surface area contributed by atoms with E-state index in [2.05, 4.69) is 13.8 Å². The molecule has 0 aromatic heterocycles. The molecule has 0 N–H and O–H groups in total. The largest absolute Gasteiger partial charge is 0.460 e. The van der Waals surface area contributed by atoms with E-state index in [1.807, 2.05) is 0 Å². The maximum Gasteiger partial charge on any atom is 0.460 e. The highest BCUT2D eigenvalue weighted by Gasteiger charge is 2.56. The van der Waals surface area contributed by atoms with Crippen LogP contribution in [0.4, 0.5) is 0 Å². The predicted molar refractivity (Wildman–Crippen MR) is 104 cm³/mol. The van der Waals surface area contributed by atoms with E-state index in [0.717, 1.165) is 25.7 Å². The molecule has 4 atom stereocenters. The van der Waals surface area contributed by atoms with Crippen LogP contribution in [0.15, 0.2) is 0 Å². The zero-order valence-electron chi connectivity index (χ0n) is 17.4. The Morgan fingerprint density at radius 3 is 1.50 bits per heavy atom. The van der Waals surface area contributed by atoms with Crippen molar-refractivity contribution >= 4 is 7.12 Å². The molecule has 5 rings (SSSR count). The van der Waals surface area contributed by atoms with Gasteiger partial charge in [0.15, 0.2) is 11.6 Å². The second kappa shape index (κ2) is 7.82. The Bertz CT molecular complexity index is 501. The summed E-state index contributed by atoms with van der Waals surface area (Å²) in [6.07, 6.45) is 10.7. The summed E-state index contributed by atoms with van der Waals surface area (Å²) in [5.41, 5.74) is 0. The van der Waals surface area contributed by atoms with Crippen LogP contribution in [0, 0.1) is 0 Å². The van der Waals surface area contributed by atoms with Gasteiger partial charge in [0.05, 0.1) is 25.4 Å². The Hall–Kier alpha value is -0.175. The molecule has 0 radical (unpaired) electrons. The van der Waals surface area contributed by atoms with Gasteiger partial charge in [0.2, 0.25) is 0 Å². The van der Waals surface area contributed by atoms with Crippen LogP contribution in [0.25, 0.3) is 0 Å². The minimum absolute atomic E-state index is 0.0987. The molecule has 0 amide bonds. The number of hydrogen-bond acceptors (Lipinski definition) is 6. The van der Waals surface area contributed by atoms with E-state index in [1.54, 1.807) is 0 Å². The average molecular weight is 394 g/mol. The number of rotatable bonds is 3. The number of hydrogen-bond donors (Lipinski definition) is 0. The van der Waals surface area contributed by atoms with Gasteiger partial charge in [-0.15, -0.1) is 0 Å². The first-order chi connectivity index (χ1) is 13.6. The molecule has 0 aromatic carbocycles. The lowest BCUT2D eigenvalue weighted by atomic mass is 9.75. The summed E-state index contributed by atoms with van der Waals surface area (Å²) >= 11 is 0. The van der Waals surface area contributed by atoms with E-state index in [1.165, 1.54) is 38.5 Å². The summed E-state index contributed by atoms with van der Waals surface area (Å²) in [6.45, 7) is 5.42. The fraction of sp³-hybridized carbons (Fsp3) is 1.00. The summed E-state index contributed by atoms with van der Waals surface area (Å²) in [6, 6.07) is 0. The Morgan fingerprint density at radius 2 is 1.11 bits per heavy atom. The highest BCUT2D eigenvalue weighted by Crippen LogP contribution is 2.44. The average Bonchev–Trinajstić information content (AvgIpc) is 3.41. The molecular formula is C21H35BO6. The van der Waals surface area contributed by atoms with Gasteiger partial charge in [-0.1, -0.05) is 26.7 Å². The molecular weight excluding hydrogens is 359 g/mol. The lowest BCUT2D eigenvalue weighted by Gasteiger charge is -2.34. The van der Waals surface area contributed by atoms with Crippen molar-refractivity contribution in [3.8, 4) is 0 Å². The minimum Gasteiger partial charge on any atom is -0.403 e. The van der Waals surface area contributed by atoms with Crippen LogP contribution in [-0.4, -0.2) is 56.3 Å². The summed E-state index contributed by atoms with van der Waals surface area (Å²) in [7, 11) is -0.229. The van der Waals surface area contributed by atoms with Crippen LogP contribution >= 0.6 is 0 Å². The molecule has 28 heavy (non-hydrogen) atoms. The first-order valence-electron chi connectivity index (χ1n) is 11.5. The van der Waals surface area contributed by atoms with E-state index >= 15 is 0 Å². The highest BCUT2D eigenvalue weighted by atomic mass is 16.8. The third-order valence-electron chi connectivity index (χ3n) is 7.17. The van der Waals surface area contributed by atoms with Crippen molar-refractivity contribution in [3.05, 3.63) is 0 Å². The fourth-order valence-corrected chi connectivity index (χ4v) is 5.59. The van der Waals surface area contributed by atoms with Crippen LogP contribution in [0.5, 0.6) is 0 Å². The van der Waals surface area contributed by atoms with Crippen LogP contribution in [0.2, 0.25) is 5.82 Å². The third-order valence-corrected chi connectivity index (χ3v) is 7.17. The first kappa shape index (κ1) is 19.8. The molecule has 5 aliphatic rings. The number of ether oxygens (including phenoxy) is 4. The quantitative estimate of drug-likeness (QED) is 0.679. The van der Waals surface area contributed by atoms with Crippen molar-refractivity contribution in [2.75, 3.05) is 13.2 Å². The standard InChI is InChI=1S/C21H35BO6/c1-15(2)22-27-18(16-13-23-20(25-16)9-5-3-6-10-20)19(28-22)17-14-24-21(26-17)11-7-4-8-12-21/h15-19H,3-14H2,1-2H3/t16?,17?,18-,19-/m1/s1. The van der Waals surface area contributed by atoms with E-state index in [0.29, 0.717) is 13.2 Å². The zero-order chi connectivity index (χ0) is 19.2. The van der Waals surface area contributed by atoms with Crippen molar-refractivity contribution < 1.29 is 28.3 Å². The van der Waals surface area contributed by atoms with Crippen molar-refractivity contribution in [1.82, 2.24) is 0 Å². The molecule has 2 spiro atoms. The minimum atomic E-state index is -0.398. The second-order valence-electron chi connectivity index (χ2n) is 9.69. The Kier molecular flexibility index (Phi) is 5.52. The lowest BCUT2D eigenvalue weighted by molar-refractivity contribution is -0.206. The van der Waals surface area contributed by atoms with E-state index in [4.69, 9.17) is 28.3 Å². The van der Waals surface area contributed by atoms with Gasteiger partial charge in [0.1, 0.15) is 12.2 Å². The van der Waals surface area contributed by atoms with Crippen molar-refractivity contribution in [2.24, 2.45) is 0 Å². The second-order valence-corrected chi connectivity index (χ2v) is 9.69. The molecule has 5 fully saturated rings. The van der Waals surface area contributed by atoms with Crippen LogP contribution in [-0.2, 0) is 28.3 Å². The molecule has 7 heteroatoms. The van der Waals surface area contributed by atoms with Gasteiger partial charge in [-0.25, -0.2) is 0 Å². The van der Waals surface area contributed by atoms with Gasteiger partial charge in [0.25, 0.3) is 0 Å². The van der Waals surface area contributed by atoms with Crippen molar-refractivity contribution in [2.45, 2.75) is 120 Å². The monoisotopic (exact) mass is 394 g/mol. The normalized spacial score (nSPS) is 40.2. The third kappa shape index (κ3) is 3.67. The van der Waals surface area contributed by atoms with Gasteiger partial charge in [-0.3, -0.25) is 0 Å². The van der Waals surface area contributed by atoms with Crippen LogP contribution < -0.4 is 0 Å². The van der Waals surface area contributed by atoms with E-state index in [9.17, 15) is 0 Å². The molecule has 3 saturated heterocycles. The maximum absolute atomic E-state index is 6.51. The van der Waals surface area contributed by atoms with E-state index < -0.39 is 11.6 Å². The SMILES string of the molecule is CC(C)B1O[C@H](C2COC3(CCCCC3)O2)[C@@H](C2COC3(CCCCC3)O2)O1. The summed E-state index contributed by atoms with van der Waals surface area (Å²) in [5, 5.41) is 0. The summed E-state index contributed by atoms with van der Waals surface area (Å²) < 4.78 is 38.2. The van der Waals surface area contributed by atoms with Gasteiger partial charge in [-0.05, 0) is 31.5 Å². The van der Waals surface area contributed by atoms with Crippen molar-refractivity contribution in [1.29, 1.82) is 0 Å². The molecule has 2 unspecified atom stereocenters. The van der Waals surface area contributed by atoms with E-state index in [-0.39, 0.29) is 37.4 Å². The van der Waals surface area contributed by atoms with Gasteiger partial charge in [0, 0.05) is 25.7 Å². The molecule has 2 aliphatic carbocycles. The van der Waals surface area contributed by atoms with Gasteiger partial charge >= 0.3 is 7.12 Å². The lowest BCUT2D eigenvalue weighted by Crippen LogP contribution is -2.46. The molecule has 3 aliphatic heterocycles. The molecule has 2 saturated carbocycles. The van der Waals surface area contributed by atoms with Crippen LogP contribution in [0.3, 0.4) is 0 Å².